The molecule has 0 aliphatic heterocycles. The number of hydrogen-bond acceptors (Lipinski definition) is 2. The van der Waals surface area contributed by atoms with Crippen molar-refractivity contribution in [2.24, 2.45) is 0 Å². The number of nitrogens with zero attached hydrogens (tertiary/aromatic N) is 2. The van der Waals surface area contributed by atoms with Gasteiger partial charge < -0.3 is 19.3 Å². The quantitative estimate of drug-likeness (QED) is 0.192. The molecule has 0 aliphatic rings. The van der Waals surface area contributed by atoms with Crippen LogP contribution in [-0.4, -0.2) is 19.3 Å². The van der Waals surface area contributed by atoms with Crippen molar-refractivity contribution in [3.63, 3.8) is 0 Å². The van der Waals surface area contributed by atoms with Gasteiger partial charge in [0, 0.05) is 32.9 Å². The van der Waals surface area contributed by atoms with Gasteiger partial charge in [-0.1, -0.05) is 91.0 Å². The molecule has 0 saturated carbocycles. The number of hydrogen-bond donors (Lipinski definition) is 2. The first-order valence-electron chi connectivity index (χ1n) is 17.5. The summed E-state index contributed by atoms with van der Waals surface area (Å²) in [5.74, 6) is 0.473. The molecule has 4 nitrogen and oxygen atoms in total. The minimum atomic E-state index is 0.231. The second-order valence-corrected chi connectivity index (χ2v) is 13.4. The Kier molecular flexibility index (Phi) is 6.76. The maximum atomic E-state index is 10.7. The Hall–Kier alpha value is -7.04. The molecule has 2 aromatic heterocycles. The fourth-order valence-electron chi connectivity index (χ4n) is 7.85. The van der Waals surface area contributed by atoms with Crippen molar-refractivity contribution in [1.29, 1.82) is 0 Å². The summed E-state index contributed by atoms with van der Waals surface area (Å²) >= 11 is 0. The SMILES string of the molecule is Oc1ccc2c(c1)c1cc(-c3ccc4c(c3)c3cc(O)ccc3n4-c3cc(-c4ccccc4)cc(-c4ccccc4)c3)ccc1n2-c1ccccc1. The highest BCUT2D eigenvalue weighted by Gasteiger charge is 2.18. The maximum Gasteiger partial charge on any atom is 0.116 e. The van der Waals surface area contributed by atoms with Gasteiger partial charge >= 0.3 is 0 Å². The van der Waals surface area contributed by atoms with Gasteiger partial charge in [-0.05, 0) is 124 Å². The summed E-state index contributed by atoms with van der Waals surface area (Å²) in [6.07, 6.45) is 0. The summed E-state index contributed by atoms with van der Waals surface area (Å²) in [7, 11) is 0. The van der Waals surface area contributed by atoms with Gasteiger partial charge in [0.1, 0.15) is 11.5 Å². The van der Waals surface area contributed by atoms with Crippen LogP contribution in [-0.2, 0) is 0 Å². The van der Waals surface area contributed by atoms with Crippen molar-refractivity contribution in [1.82, 2.24) is 9.13 Å². The number of phenols is 2. The number of phenolic OH excluding ortho intramolecular Hbond substituents is 2. The van der Waals surface area contributed by atoms with Gasteiger partial charge in [-0.15, -0.1) is 0 Å². The van der Waals surface area contributed by atoms with Gasteiger partial charge in [0.25, 0.3) is 0 Å². The van der Waals surface area contributed by atoms with E-state index in [1.807, 2.05) is 54.6 Å². The Morgan fingerprint density at radius 2 is 0.654 bits per heavy atom. The van der Waals surface area contributed by atoms with Gasteiger partial charge in [-0.2, -0.15) is 0 Å². The number of rotatable bonds is 5. The highest BCUT2D eigenvalue weighted by atomic mass is 16.3. The van der Waals surface area contributed by atoms with Crippen molar-refractivity contribution < 1.29 is 10.2 Å². The van der Waals surface area contributed by atoms with Crippen molar-refractivity contribution in [3.8, 4) is 56.3 Å². The Labute approximate surface area is 300 Å². The number of aromatic hydroxyl groups is 2. The molecule has 0 saturated heterocycles. The van der Waals surface area contributed by atoms with Crippen LogP contribution in [0.25, 0.3) is 88.4 Å². The first kappa shape index (κ1) is 29.8. The van der Waals surface area contributed by atoms with Crippen molar-refractivity contribution in [2.75, 3.05) is 0 Å². The summed E-state index contributed by atoms with van der Waals surface area (Å²) in [6.45, 7) is 0. The van der Waals surface area contributed by atoms with Gasteiger partial charge in [-0.3, -0.25) is 0 Å². The average molecular weight is 669 g/mol. The Morgan fingerprint density at radius 1 is 0.269 bits per heavy atom. The third-order valence-electron chi connectivity index (χ3n) is 10.2. The van der Waals surface area contributed by atoms with E-state index in [9.17, 15) is 10.2 Å². The molecule has 0 spiro atoms. The fourth-order valence-corrected chi connectivity index (χ4v) is 7.85. The van der Waals surface area contributed by atoms with Crippen LogP contribution in [0.1, 0.15) is 0 Å². The molecular weight excluding hydrogens is 637 g/mol. The molecule has 246 valence electrons. The van der Waals surface area contributed by atoms with Crippen molar-refractivity contribution >= 4 is 43.6 Å². The zero-order valence-electron chi connectivity index (χ0n) is 28.1. The predicted octanol–water partition coefficient (Wildman–Crippen LogP) is 12.3. The lowest BCUT2D eigenvalue weighted by atomic mass is 9.98. The number of aromatic nitrogens is 2. The third-order valence-corrected chi connectivity index (χ3v) is 10.2. The topological polar surface area (TPSA) is 50.3 Å². The largest absolute Gasteiger partial charge is 0.508 e. The molecule has 8 aromatic carbocycles. The van der Waals surface area contributed by atoms with Crippen LogP contribution in [0.4, 0.5) is 0 Å². The molecule has 0 radical (unpaired) electrons. The second-order valence-electron chi connectivity index (χ2n) is 13.4. The molecule has 0 atom stereocenters. The maximum absolute atomic E-state index is 10.7. The number of para-hydroxylation sites is 1. The molecule has 0 unspecified atom stereocenters. The molecule has 52 heavy (non-hydrogen) atoms. The minimum absolute atomic E-state index is 0.231. The van der Waals surface area contributed by atoms with Crippen molar-refractivity contribution in [2.45, 2.75) is 0 Å². The Bertz CT molecular complexity index is 2900. The molecule has 10 aromatic rings. The standard InChI is InChI=1S/C48H32N2O2/c51-39-18-22-47-43(29-39)41-27-33(16-20-45(41)49(47)37-14-8-3-9-15-37)34-17-21-46-42(28-34)44-30-40(52)19-23-48(44)50(46)38-25-35(31-10-4-1-5-11-31)24-36(26-38)32-12-6-2-7-13-32/h1-30,51-52H. The van der Waals surface area contributed by atoms with Crippen LogP contribution < -0.4 is 0 Å². The molecular formula is C48H32N2O2. The second kappa shape index (κ2) is 11.8. The summed E-state index contributed by atoms with van der Waals surface area (Å²) in [6, 6.07) is 62.6. The predicted molar refractivity (Wildman–Crippen MR) is 215 cm³/mol. The van der Waals surface area contributed by atoms with E-state index in [2.05, 4.69) is 124 Å². The minimum Gasteiger partial charge on any atom is -0.508 e. The summed E-state index contributed by atoms with van der Waals surface area (Å²) in [5, 5.41) is 25.4. The van der Waals surface area contributed by atoms with E-state index in [1.54, 1.807) is 12.1 Å². The molecule has 10 rings (SSSR count). The van der Waals surface area contributed by atoms with E-state index in [1.165, 1.54) is 0 Å². The van der Waals surface area contributed by atoms with Crippen molar-refractivity contribution in [3.05, 3.63) is 182 Å². The fraction of sp³-hybridized carbons (Fsp3) is 0. The zero-order valence-corrected chi connectivity index (χ0v) is 28.1. The normalized spacial score (nSPS) is 11.6. The highest BCUT2D eigenvalue weighted by Crippen LogP contribution is 2.41. The zero-order chi connectivity index (χ0) is 34.8. The highest BCUT2D eigenvalue weighted by molar-refractivity contribution is 6.13. The third kappa shape index (κ3) is 4.84. The Balaban J connectivity index is 1.19. The van der Waals surface area contributed by atoms with E-state index in [-0.39, 0.29) is 11.5 Å². The lowest BCUT2D eigenvalue weighted by Crippen LogP contribution is -1.96. The van der Waals surface area contributed by atoms with E-state index < -0.39 is 0 Å². The lowest BCUT2D eigenvalue weighted by Gasteiger charge is -2.14. The van der Waals surface area contributed by atoms with Gasteiger partial charge in [0.05, 0.1) is 22.1 Å². The number of benzene rings is 8. The van der Waals surface area contributed by atoms with Crippen LogP contribution in [0.3, 0.4) is 0 Å². The molecule has 0 aliphatic carbocycles. The first-order valence-corrected chi connectivity index (χ1v) is 17.5. The monoisotopic (exact) mass is 668 g/mol. The molecule has 2 heterocycles. The van der Waals surface area contributed by atoms with Crippen LogP contribution in [0.15, 0.2) is 182 Å². The Morgan fingerprint density at radius 3 is 1.12 bits per heavy atom. The van der Waals surface area contributed by atoms with Crippen LogP contribution in [0, 0.1) is 0 Å². The lowest BCUT2D eigenvalue weighted by molar-refractivity contribution is 0.475. The van der Waals surface area contributed by atoms with Crippen LogP contribution in [0.5, 0.6) is 11.5 Å². The summed E-state index contributed by atoms with van der Waals surface area (Å²) in [5.41, 5.74) is 13.0. The molecule has 0 amide bonds. The summed E-state index contributed by atoms with van der Waals surface area (Å²) < 4.78 is 4.56. The smallest absolute Gasteiger partial charge is 0.116 e. The average Bonchev–Trinajstić information content (AvgIpc) is 3.70. The van der Waals surface area contributed by atoms with E-state index in [0.717, 1.165) is 88.4 Å². The van der Waals surface area contributed by atoms with Gasteiger partial charge in [0.15, 0.2) is 0 Å². The van der Waals surface area contributed by atoms with Crippen LogP contribution in [0.2, 0.25) is 0 Å². The van der Waals surface area contributed by atoms with E-state index in [0.29, 0.717) is 0 Å². The van der Waals surface area contributed by atoms with Gasteiger partial charge in [0.2, 0.25) is 0 Å². The molecule has 0 bridgehead atoms. The van der Waals surface area contributed by atoms with Gasteiger partial charge in [-0.25, -0.2) is 0 Å². The van der Waals surface area contributed by atoms with Crippen LogP contribution >= 0.6 is 0 Å². The molecule has 2 N–H and O–H groups in total. The van der Waals surface area contributed by atoms with E-state index in [4.69, 9.17) is 0 Å². The first-order chi connectivity index (χ1) is 25.6. The summed E-state index contributed by atoms with van der Waals surface area (Å²) in [4.78, 5) is 0. The van der Waals surface area contributed by atoms with E-state index >= 15 is 0 Å². The molecule has 4 heteroatoms. The number of fused-ring (bicyclic) bond motifs is 6. The molecule has 0 fully saturated rings.